The average molecular weight is 551 g/mol. The maximum atomic E-state index is 12.8. The van der Waals surface area contributed by atoms with Crippen molar-refractivity contribution in [3.8, 4) is 11.3 Å². The first-order valence-corrected chi connectivity index (χ1v) is 13.0. The van der Waals surface area contributed by atoms with Gasteiger partial charge in [-0.2, -0.15) is 0 Å². The minimum absolute atomic E-state index is 0.0979. The maximum Gasteiger partial charge on any atom is 0.226 e. The number of thiocarbonyl (C=S) groups is 1. The van der Waals surface area contributed by atoms with Crippen molar-refractivity contribution < 1.29 is 9.21 Å². The Morgan fingerprint density at radius 1 is 1.11 bits per heavy atom. The van der Waals surface area contributed by atoms with Crippen molar-refractivity contribution in [3.63, 3.8) is 0 Å². The summed E-state index contributed by atoms with van der Waals surface area (Å²) in [5.41, 5.74) is 3.37. The predicted molar refractivity (Wildman–Crippen MR) is 151 cm³/mol. The third kappa shape index (κ3) is 5.49. The van der Waals surface area contributed by atoms with Gasteiger partial charge in [-0.1, -0.05) is 47.5 Å². The number of pyridine rings is 1. The smallest absolute Gasteiger partial charge is 0.226 e. The van der Waals surface area contributed by atoms with Gasteiger partial charge < -0.3 is 20.0 Å². The van der Waals surface area contributed by atoms with E-state index in [4.69, 9.17) is 39.8 Å². The normalized spacial score (nSPS) is 17.1. The summed E-state index contributed by atoms with van der Waals surface area (Å²) in [5.74, 6) is 1.17. The van der Waals surface area contributed by atoms with E-state index in [9.17, 15) is 4.79 Å². The van der Waals surface area contributed by atoms with Crippen molar-refractivity contribution in [2.24, 2.45) is 0 Å². The summed E-state index contributed by atoms with van der Waals surface area (Å²) in [6, 6.07) is 22.1. The Bertz CT molecular complexity index is 1440. The van der Waals surface area contributed by atoms with Gasteiger partial charge in [-0.3, -0.25) is 9.78 Å². The van der Waals surface area contributed by atoms with Gasteiger partial charge in [0, 0.05) is 30.4 Å². The van der Waals surface area contributed by atoms with Crippen molar-refractivity contribution >= 4 is 52.1 Å². The summed E-state index contributed by atoms with van der Waals surface area (Å²) in [4.78, 5) is 19.3. The number of carbonyl (C=O) groups excluding carboxylic acids is 1. The highest BCUT2D eigenvalue weighted by Crippen LogP contribution is 2.42. The van der Waals surface area contributed by atoms with Crippen LogP contribution in [-0.2, 0) is 4.79 Å². The molecule has 1 aliphatic heterocycles. The second-order valence-corrected chi connectivity index (χ2v) is 9.96. The van der Waals surface area contributed by atoms with Gasteiger partial charge in [-0.15, -0.1) is 0 Å². The Balaban J connectivity index is 1.42. The Morgan fingerprint density at radius 2 is 1.95 bits per heavy atom. The number of aromatic nitrogens is 1. The lowest BCUT2D eigenvalue weighted by atomic mass is 10.0. The van der Waals surface area contributed by atoms with E-state index in [2.05, 4.69) is 15.6 Å². The van der Waals surface area contributed by atoms with Crippen LogP contribution in [0.4, 0.5) is 5.69 Å². The van der Waals surface area contributed by atoms with Crippen LogP contribution in [0.1, 0.15) is 35.5 Å². The fourth-order valence-electron chi connectivity index (χ4n) is 4.47. The molecule has 188 valence electrons. The first kappa shape index (κ1) is 25.3. The Labute approximate surface area is 230 Å². The highest BCUT2D eigenvalue weighted by molar-refractivity contribution is 7.80. The van der Waals surface area contributed by atoms with Crippen LogP contribution in [0.25, 0.3) is 11.3 Å². The molecule has 4 aromatic rings. The van der Waals surface area contributed by atoms with Crippen LogP contribution in [0.15, 0.2) is 83.4 Å². The second-order valence-electron chi connectivity index (χ2n) is 8.79. The molecule has 0 spiro atoms. The lowest BCUT2D eigenvalue weighted by Crippen LogP contribution is -2.32. The van der Waals surface area contributed by atoms with Crippen LogP contribution in [0.3, 0.4) is 0 Å². The van der Waals surface area contributed by atoms with E-state index in [0.717, 1.165) is 16.9 Å². The molecule has 1 amide bonds. The summed E-state index contributed by atoms with van der Waals surface area (Å²) in [7, 11) is 0. The van der Waals surface area contributed by atoms with Gasteiger partial charge in [0.25, 0.3) is 0 Å². The molecule has 9 heteroatoms. The molecule has 1 aliphatic rings. The van der Waals surface area contributed by atoms with Gasteiger partial charge in [0.1, 0.15) is 17.6 Å². The quantitative estimate of drug-likeness (QED) is 0.242. The zero-order valence-electron chi connectivity index (χ0n) is 19.9. The highest BCUT2D eigenvalue weighted by atomic mass is 35.5. The SMILES string of the molecule is Cc1cccc(NC(=O)CCN2C(=S)N[C@@H](c3ccccn3)[C@@H]2c2ccc(-c3cccc(Cl)c3Cl)o2)c1. The minimum Gasteiger partial charge on any atom is -0.459 e. The summed E-state index contributed by atoms with van der Waals surface area (Å²) in [6.07, 6.45) is 1.99. The third-order valence-electron chi connectivity index (χ3n) is 6.21. The molecule has 1 saturated heterocycles. The Kier molecular flexibility index (Phi) is 7.46. The molecule has 1 fully saturated rings. The number of hydrogen-bond acceptors (Lipinski definition) is 4. The lowest BCUT2D eigenvalue weighted by molar-refractivity contribution is -0.116. The standard InChI is InChI=1S/C28H24Cl2N4O2S/c1-17-6-4-7-18(16-17)32-24(35)13-15-34-27(26(33-28(34)37)21-10-2-3-14-31-21)23-12-11-22(36-23)19-8-5-9-20(29)25(19)30/h2-12,14,16,26-27H,13,15H2,1H3,(H,32,35)(H,33,37)/t26-,27-/m0/s1. The molecule has 0 radical (unpaired) electrons. The lowest BCUT2D eigenvalue weighted by Gasteiger charge is -2.25. The largest absolute Gasteiger partial charge is 0.459 e. The Morgan fingerprint density at radius 3 is 2.73 bits per heavy atom. The van der Waals surface area contributed by atoms with Crippen LogP contribution < -0.4 is 10.6 Å². The third-order valence-corrected chi connectivity index (χ3v) is 7.39. The van der Waals surface area contributed by atoms with Crippen molar-refractivity contribution in [2.75, 3.05) is 11.9 Å². The van der Waals surface area contributed by atoms with Crippen LogP contribution >= 0.6 is 35.4 Å². The summed E-state index contributed by atoms with van der Waals surface area (Å²) < 4.78 is 6.32. The number of benzene rings is 2. The van der Waals surface area contributed by atoms with Crippen molar-refractivity contribution in [3.05, 3.63) is 106 Å². The fourth-order valence-corrected chi connectivity index (χ4v) is 5.20. The predicted octanol–water partition coefficient (Wildman–Crippen LogP) is 6.96. The molecular weight excluding hydrogens is 527 g/mol. The number of nitrogens with one attached hydrogen (secondary N) is 2. The molecular formula is C28H24Cl2N4O2S. The zero-order chi connectivity index (χ0) is 25.9. The molecule has 37 heavy (non-hydrogen) atoms. The fraction of sp³-hybridized carbons (Fsp3) is 0.179. The summed E-state index contributed by atoms with van der Waals surface area (Å²) in [5, 5.41) is 7.75. The number of furan rings is 1. The number of rotatable bonds is 7. The zero-order valence-corrected chi connectivity index (χ0v) is 22.3. The number of anilines is 1. The van der Waals surface area contributed by atoms with E-state index in [-0.39, 0.29) is 24.4 Å². The van der Waals surface area contributed by atoms with Crippen molar-refractivity contribution in [2.45, 2.75) is 25.4 Å². The molecule has 2 aromatic heterocycles. The monoisotopic (exact) mass is 550 g/mol. The van der Waals surface area contributed by atoms with E-state index >= 15 is 0 Å². The molecule has 0 aliphatic carbocycles. The molecule has 2 atom stereocenters. The highest BCUT2D eigenvalue weighted by Gasteiger charge is 2.41. The number of halogens is 2. The van der Waals surface area contributed by atoms with Gasteiger partial charge in [-0.25, -0.2) is 0 Å². The number of amides is 1. The van der Waals surface area contributed by atoms with Gasteiger partial charge in [0.05, 0.1) is 21.8 Å². The minimum atomic E-state index is -0.319. The average Bonchev–Trinajstić information content (AvgIpc) is 3.49. The van der Waals surface area contributed by atoms with Crippen molar-refractivity contribution in [1.82, 2.24) is 15.2 Å². The van der Waals surface area contributed by atoms with Crippen LogP contribution in [-0.4, -0.2) is 27.4 Å². The molecule has 0 saturated carbocycles. The van der Waals surface area contributed by atoms with Crippen LogP contribution in [0.5, 0.6) is 0 Å². The number of aryl methyl sites for hydroxylation is 1. The molecule has 3 heterocycles. The number of nitrogens with zero attached hydrogens (tertiary/aromatic N) is 2. The second kappa shape index (κ2) is 10.9. The van der Waals surface area contributed by atoms with Crippen LogP contribution in [0, 0.1) is 6.92 Å². The molecule has 6 nitrogen and oxygen atoms in total. The van der Waals surface area contributed by atoms with E-state index in [1.54, 1.807) is 12.3 Å². The van der Waals surface area contributed by atoms with E-state index < -0.39 is 0 Å². The summed E-state index contributed by atoms with van der Waals surface area (Å²) >= 11 is 18.4. The van der Waals surface area contributed by atoms with Gasteiger partial charge in [0.2, 0.25) is 5.91 Å². The van der Waals surface area contributed by atoms with E-state index in [1.807, 2.05) is 78.6 Å². The van der Waals surface area contributed by atoms with Crippen LogP contribution in [0.2, 0.25) is 10.0 Å². The first-order valence-electron chi connectivity index (χ1n) is 11.8. The van der Waals surface area contributed by atoms with E-state index in [0.29, 0.717) is 38.8 Å². The number of hydrogen-bond donors (Lipinski definition) is 2. The number of carbonyl (C=O) groups is 1. The van der Waals surface area contributed by atoms with Crippen molar-refractivity contribution in [1.29, 1.82) is 0 Å². The summed E-state index contributed by atoms with van der Waals surface area (Å²) in [6.45, 7) is 2.38. The first-order chi connectivity index (χ1) is 17.9. The molecule has 5 rings (SSSR count). The molecule has 0 unspecified atom stereocenters. The van der Waals surface area contributed by atoms with Gasteiger partial charge in [-0.05, 0) is 73.2 Å². The van der Waals surface area contributed by atoms with E-state index in [1.165, 1.54) is 0 Å². The molecule has 2 aromatic carbocycles. The Hall–Kier alpha value is -3.39. The molecule has 2 N–H and O–H groups in total. The molecule has 0 bridgehead atoms. The van der Waals surface area contributed by atoms with Gasteiger partial charge in [0.15, 0.2) is 5.11 Å². The maximum absolute atomic E-state index is 12.8. The topological polar surface area (TPSA) is 70.4 Å². The van der Waals surface area contributed by atoms with Gasteiger partial charge >= 0.3 is 0 Å².